The monoisotopic (exact) mass is 271 g/mol. The quantitative estimate of drug-likeness (QED) is 0.769. The molecule has 2 atom stereocenters. The van der Waals surface area contributed by atoms with E-state index in [-0.39, 0.29) is 5.56 Å². The fraction of sp³-hybridized carbons (Fsp3) is 0.333. The summed E-state index contributed by atoms with van der Waals surface area (Å²) in [6, 6.07) is 0.704. The van der Waals surface area contributed by atoms with Gasteiger partial charge < -0.3 is 5.73 Å². The highest BCUT2D eigenvalue weighted by atomic mass is 19.1. The minimum atomic E-state index is -0.969. The number of rotatable bonds is 4. The normalized spacial score (nSPS) is 13.7. The maximum atomic E-state index is 13.5. The molecule has 0 saturated heterocycles. The van der Waals surface area contributed by atoms with E-state index < -0.39 is 35.7 Å². The van der Waals surface area contributed by atoms with Gasteiger partial charge in [-0.15, -0.1) is 0 Å². The molecule has 1 aromatic rings. The topological polar surface area (TPSA) is 84.2 Å². The minimum Gasteiger partial charge on any atom is -0.351 e. The lowest BCUT2D eigenvalue weighted by molar-refractivity contribution is -0.121. The number of benzene rings is 1. The van der Waals surface area contributed by atoms with E-state index in [4.69, 9.17) is 5.73 Å². The molecule has 3 amide bonds. The number of hydrogen-bond acceptors (Lipinski definition) is 3. The molecular weight excluding hydrogens is 256 g/mol. The molecule has 0 aliphatic carbocycles. The summed E-state index contributed by atoms with van der Waals surface area (Å²) in [4.78, 5) is 22.0. The molecule has 0 radical (unpaired) electrons. The van der Waals surface area contributed by atoms with Gasteiger partial charge in [-0.2, -0.15) is 0 Å². The molecule has 7 heteroatoms. The maximum Gasteiger partial charge on any atom is 0.318 e. The van der Waals surface area contributed by atoms with Crippen molar-refractivity contribution in [2.24, 2.45) is 5.73 Å². The molecule has 0 aromatic heterocycles. The highest BCUT2D eigenvalue weighted by Crippen LogP contribution is 2.18. The Morgan fingerprint density at radius 1 is 1.26 bits per heavy atom. The van der Waals surface area contributed by atoms with Crippen LogP contribution in [0.3, 0.4) is 0 Å². The van der Waals surface area contributed by atoms with E-state index in [1.165, 1.54) is 6.92 Å². The molecule has 0 spiro atoms. The van der Waals surface area contributed by atoms with Crippen LogP contribution < -0.4 is 16.4 Å². The predicted molar refractivity (Wildman–Crippen MR) is 65.1 cm³/mol. The molecular formula is C12H15F2N3O2. The molecule has 0 fully saturated rings. The number of amides is 3. The van der Waals surface area contributed by atoms with Gasteiger partial charge in [0.2, 0.25) is 5.91 Å². The van der Waals surface area contributed by atoms with E-state index in [9.17, 15) is 18.4 Å². The van der Waals surface area contributed by atoms with Crippen molar-refractivity contribution in [1.82, 2.24) is 10.6 Å². The van der Waals surface area contributed by atoms with E-state index in [0.717, 1.165) is 18.2 Å². The summed E-state index contributed by atoms with van der Waals surface area (Å²) in [7, 11) is 0. The highest BCUT2D eigenvalue weighted by molar-refractivity contribution is 5.96. The molecule has 0 saturated carbocycles. The zero-order valence-electron chi connectivity index (χ0n) is 10.5. The van der Waals surface area contributed by atoms with Gasteiger partial charge in [-0.25, -0.2) is 13.6 Å². The number of nitrogens with two attached hydrogens (primary N) is 1. The number of carbonyl (C=O) groups is 2. The molecule has 5 nitrogen and oxygen atoms in total. The smallest absolute Gasteiger partial charge is 0.318 e. The van der Waals surface area contributed by atoms with Gasteiger partial charge >= 0.3 is 6.03 Å². The Morgan fingerprint density at radius 2 is 1.89 bits per heavy atom. The number of urea groups is 1. The lowest BCUT2D eigenvalue weighted by atomic mass is 10.1. The number of carbonyl (C=O) groups excluding carboxylic acids is 2. The molecule has 0 aliphatic rings. The van der Waals surface area contributed by atoms with Crippen molar-refractivity contribution in [3.05, 3.63) is 35.4 Å². The van der Waals surface area contributed by atoms with Crippen LogP contribution in [0.2, 0.25) is 0 Å². The second kappa shape index (κ2) is 6.24. The Labute approximate surface area is 109 Å². The first-order valence-corrected chi connectivity index (χ1v) is 5.62. The summed E-state index contributed by atoms with van der Waals surface area (Å²) in [5, 5.41) is 4.64. The van der Waals surface area contributed by atoms with Crippen LogP contribution in [0.25, 0.3) is 0 Å². The van der Waals surface area contributed by atoms with Crippen LogP contribution in [0.4, 0.5) is 13.6 Å². The summed E-state index contributed by atoms with van der Waals surface area (Å²) in [6.07, 6.45) is 0. The van der Waals surface area contributed by atoms with Crippen molar-refractivity contribution in [3.63, 3.8) is 0 Å². The summed E-state index contributed by atoms with van der Waals surface area (Å²) in [5.74, 6) is -1.79. The Bertz CT molecular complexity index is 494. The highest BCUT2D eigenvalue weighted by Gasteiger charge is 2.19. The summed E-state index contributed by atoms with van der Waals surface area (Å²) >= 11 is 0. The minimum absolute atomic E-state index is 0.0960. The fourth-order valence-electron chi connectivity index (χ4n) is 1.62. The molecule has 4 N–H and O–H groups in total. The first-order valence-electron chi connectivity index (χ1n) is 5.62. The van der Waals surface area contributed by atoms with Crippen LogP contribution in [0, 0.1) is 11.6 Å². The van der Waals surface area contributed by atoms with E-state index in [2.05, 4.69) is 5.32 Å². The standard InChI is InChI=1S/C12H15F2N3O2/c1-6(9-5-8(13)3-4-10(9)14)16-7(2)11(18)17-12(15)19/h3-7,16H,1-2H3,(H3,15,17,18,19)/t6-,7-/m0/s1. The first-order chi connectivity index (χ1) is 8.81. The van der Waals surface area contributed by atoms with Crippen LogP contribution in [-0.2, 0) is 4.79 Å². The average molecular weight is 271 g/mol. The predicted octanol–water partition coefficient (Wildman–Crippen LogP) is 1.20. The van der Waals surface area contributed by atoms with Crippen LogP contribution in [0.1, 0.15) is 25.5 Å². The zero-order chi connectivity index (χ0) is 14.6. The Hall–Kier alpha value is -2.02. The molecule has 0 bridgehead atoms. The lowest BCUT2D eigenvalue weighted by Crippen LogP contribution is -2.47. The van der Waals surface area contributed by atoms with E-state index in [1.54, 1.807) is 6.92 Å². The molecule has 1 rings (SSSR count). The molecule has 19 heavy (non-hydrogen) atoms. The number of hydrogen-bond donors (Lipinski definition) is 3. The maximum absolute atomic E-state index is 13.5. The number of nitrogens with one attached hydrogen (secondary N) is 2. The van der Waals surface area contributed by atoms with E-state index in [1.807, 2.05) is 5.32 Å². The molecule has 0 unspecified atom stereocenters. The molecule has 0 heterocycles. The third kappa shape index (κ3) is 4.29. The van der Waals surface area contributed by atoms with Gasteiger partial charge in [-0.05, 0) is 32.0 Å². The number of halogens is 2. The van der Waals surface area contributed by atoms with Crippen molar-refractivity contribution in [1.29, 1.82) is 0 Å². The average Bonchev–Trinajstić information content (AvgIpc) is 2.31. The Balaban J connectivity index is 2.73. The second-order valence-corrected chi connectivity index (χ2v) is 4.13. The molecule has 0 aliphatic heterocycles. The van der Waals surface area contributed by atoms with Gasteiger partial charge in [0.05, 0.1) is 6.04 Å². The Morgan fingerprint density at radius 3 is 2.47 bits per heavy atom. The first kappa shape index (κ1) is 15.0. The SMILES string of the molecule is C[C@H](N[C@@H](C)c1cc(F)ccc1F)C(=O)NC(N)=O. The van der Waals surface area contributed by atoms with Crippen molar-refractivity contribution in [2.45, 2.75) is 25.9 Å². The lowest BCUT2D eigenvalue weighted by Gasteiger charge is -2.19. The largest absolute Gasteiger partial charge is 0.351 e. The van der Waals surface area contributed by atoms with Crippen molar-refractivity contribution in [3.8, 4) is 0 Å². The van der Waals surface area contributed by atoms with E-state index >= 15 is 0 Å². The summed E-state index contributed by atoms with van der Waals surface area (Å²) < 4.78 is 26.5. The number of imide groups is 1. The third-order valence-electron chi connectivity index (χ3n) is 2.56. The van der Waals surface area contributed by atoms with Crippen LogP contribution in [0.15, 0.2) is 18.2 Å². The summed E-state index contributed by atoms with van der Waals surface area (Å²) in [6.45, 7) is 3.05. The van der Waals surface area contributed by atoms with E-state index in [0.29, 0.717) is 0 Å². The van der Waals surface area contributed by atoms with Crippen molar-refractivity contribution >= 4 is 11.9 Å². The fourth-order valence-corrected chi connectivity index (χ4v) is 1.62. The van der Waals surface area contributed by atoms with Crippen LogP contribution in [-0.4, -0.2) is 18.0 Å². The van der Waals surface area contributed by atoms with Gasteiger partial charge in [0, 0.05) is 11.6 Å². The third-order valence-corrected chi connectivity index (χ3v) is 2.56. The molecule has 1 aromatic carbocycles. The Kier molecular flexibility index (Phi) is 4.94. The van der Waals surface area contributed by atoms with Gasteiger partial charge in [-0.3, -0.25) is 15.4 Å². The zero-order valence-corrected chi connectivity index (χ0v) is 10.5. The second-order valence-electron chi connectivity index (χ2n) is 4.13. The van der Waals surface area contributed by atoms with Crippen molar-refractivity contribution < 1.29 is 18.4 Å². The summed E-state index contributed by atoms with van der Waals surface area (Å²) in [5.41, 5.74) is 4.90. The van der Waals surface area contributed by atoms with Gasteiger partial charge in [0.25, 0.3) is 0 Å². The van der Waals surface area contributed by atoms with Gasteiger partial charge in [0.15, 0.2) is 0 Å². The van der Waals surface area contributed by atoms with Gasteiger partial charge in [-0.1, -0.05) is 0 Å². The van der Waals surface area contributed by atoms with Gasteiger partial charge in [0.1, 0.15) is 11.6 Å². The molecule has 104 valence electrons. The number of primary amides is 1. The van der Waals surface area contributed by atoms with Crippen LogP contribution >= 0.6 is 0 Å². The van der Waals surface area contributed by atoms with Crippen molar-refractivity contribution in [2.75, 3.05) is 0 Å². The van der Waals surface area contributed by atoms with Crippen LogP contribution in [0.5, 0.6) is 0 Å².